The number of rotatable bonds is 9. The van der Waals surface area contributed by atoms with Gasteiger partial charge in [0, 0.05) is 17.6 Å². The number of hydrogen-bond acceptors (Lipinski definition) is 5. The van der Waals surface area contributed by atoms with Crippen LogP contribution in [0.5, 0.6) is 0 Å². The number of anilines is 1. The third kappa shape index (κ3) is 6.16. The van der Waals surface area contributed by atoms with Crippen LogP contribution >= 0.6 is 11.6 Å². The third-order valence-electron chi connectivity index (χ3n) is 5.04. The molecule has 0 fully saturated rings. The van der Waals surface area contributed by atoms with E-state index in [-0.39, 0.29) is 28.4 Å². The van der Waals surface area contributed by atoms with Gasteiger partial charge in [0.05, 0.1) is 27.6 Å². The zero-order chi connectivity index (χ0) is 24.0. The number of nitrogens with zero attached hydrogens (tertiary/aromatic N) is 2. The minimum Gasteiger partial charge on any atom is -0.324 e. The SMILES string of the molecule is Cc1c(NC(=O)CN(CCc2ccccc2)S(=O)(=O)c2ccc(Cl)cc2)cccc1[N+](=O)[O-]. The van der Waals surface area contributed by atoms with Crippen molar-refractivity contribution in [3.05, 3.63) is 99.1 Å². The fourth-order valence-corrected chi connectivity index (χ4v) is 4.77. The zero-order valence-electron chi connectivity index (χ0n) is 17.8. The van der Waals surface area contributed by atoms with Crippen LogP contribution in [0.15, 0.2) is 77.7 Å². The Balaban J connectivity index is 1.84. The van der Waals surface area contributed by atoms with Crippen LogP contribution in [-0.2, 0) is 21.2 Å². The molecular weight excluding hydrogens is 466 g/mol. The molecule has 0 aromatic heterocycles. The number of nitro groups is 1. The highest BCUT2D eigenvalue weighted by Crippen LogP contribution is 2.25. The van der Waals surface area contributed by atoms with Crippen LogP contribution < -0.4 is 5.32 Å². The van der Waals surface area contributed by atoms with Gasteiger partial charge in [0.2, 0.25) is 15.9 Å². The molecule has 1 N–H and O–H groups in total. The molecule has 3 rings (SSSR count). The van der Waals surface area contributed by atoms with Crippen molar-refractivity contribution < 1.29 is 18.1 Å². The molecule has 0 heterocycles. The monoisotopic (exact) mass is 487 g/mol. The first-order valence-corrected chi connectivity index (χ1v) is 11.8. The van der Waals surface area contributed by atoms with Crippen LogP contribution in [0.2, 0.25) is 5.02 Å². The quantitative estimate of drug-likeness (QED) is 0.354. The highest BCUT2D eigenvalue weighted by molar-refractivity contribution is 7.89. The number of sulfonamides is 1. The normalized spacial score (nSPS) is 11.4. The van der Waals surface area contributed by atoms with Crippen LogP contribution in [0.25, 0.3) is 0 Å². The topological polar surface area (TPSA) is 110 Å². The van der Waals surface area contributed by atoms with Crippen molar-refractivity contribution >= 4 is 38.9 Å². The molecular formula is C23H22ClN3O5S. The molecule has 33 heavy (non-hydrogen) atoms. The summed E-state index contributed by atoms with van der Waals surface area (Å²) in [6.07, 6.45) is 0.400. The van der Waals surface area contributed by atoms with E-state index >= 15 is 0 Å². The van der Waals surface area contributed by atoms with E-state index in [2.05, 4.69) is 5.32 Å². The summed E-state index contributed by atoms with van der Waals surface area (Å²) in [7, 11) is -4.00. The molecule has 8 nitrogen and oxygen atoms in total. The molecule has 0 saturated carbocycles. The maximum atomic E-state index is 13.3. The molecule has 172 valence electrons. The fourth-order valence-electron chi connectivity index (χ4n) is 3.24. The number of benzene rings is 3. The highest BCUT2D eigenvalue weighted by atomic mass is 35.5. The van der Waals surface area contributed by atoms with Crippen LogP contribution in [-0.4, -0.2) is 36.6 Å². The summed E-state index contributed by atoms with van der Waals surface area (Å²) >= 11 is 5.89. The molecule has 0 aliphatic carbocycles. The lowest BCUT2D eigenvalue weighted by Crippen LogP contribution is -2.39. The zero-order valence-corrected chi connectivity index (χ0v) is 19.3. The van der Waals surface area contributed by atoms with E-state index in [1.165, 1.54) is 49.4 Å². The van der Waals surface area contributed by atoms with Crippen molar-refractivity contribution in [3.8, 4) is 0 Å². The van der Waals surface area contributed by atoms with E-state index in [0.29, 0.717) is 11.4 Å². The Hall–Kier alpha value is -3.27. The van der Waals surface area contributed by atoms with Crippen molar-refractivity contribution in [2.24, 2.45) is 0 Å². The molecule has 0 atom stereocenters. The van der Waals surface area contributed by atoms with Gasteiger partial charge in [-0.05, 0) is 49.2 Å². The van der Waals surface area contributed by atoms with Gasteiger partial charge in [-0.15, -0.1) is 0 Å². The van der Waals surface area contributed by atoms with Gasteiger partial charge in [0.1, 0.15) is 0 Å². The minimum absolute atomic E-state index is 0.0132. The van der Waals surface area contributed by atoms with E-state index in [9.17, 15) is 23.3 Å². The van der Waals surface area contributed by atoms with Gasteiger partial charge in [-0.2, -0.15) is 4.31 Å². The molecule has 0 bridgehead atoms. The van der Waals surface area contributed by atoms with E-state index in [1.54, 1.807) is 0 Å². The smallest absolute Gasteiger partial charge is 0.274 e. The number of nitro benzene ring substituents is 1. The molecule has 1 amide bonds. The summed E-state index contributed by atoms with van der Waals surface area (Å²) in [6, 6.07) is 19.3. The number of nitrogens with one attached hydrogen (secondary N) is 1. The third-order valence-corrected chi connectivity index (χ3v) is 7.15. The van der Waals surface area contributed by atoms with Gasteiger partial charge >= 0.3 is 0 Å². The number of hydrogen-bond donors (Lipinski definition) is 1. The molecule has 0 aliphatic heterocycles. The lowest BCUT2D eigenvalue weighted by Gasteiger charge is -2.22. The summed E-state index contributed by atoms with van der Waals surface area (Å²) in [5.74, 6) is -0.607. The summed E-state index contributed by atoms with van der Waals surface area (Å²) in [6.45, 7) is 1.13. The van der Waals surface area contributed by atoms with Gasteiger partial charge in [-0.3, -0.25) is 14.9 Å². The summed E-state index contributed by atoms with van der Waals surface area (Å²) in [5, 5.41) is 14.2. The average molecular weight is 488 g/mol. The largest absolute Gasteiger partial charge is 0.324 e. The Kier molecular flexibility index (Phi) is 7.80. The Morgan fingerprint density at radius 3 is 2.33 bits per heavy atom. The summed E-state index contributed by atoms with van der Waals surface area (Å²) in [4.78, 5) is 23.4. The molecule has 0 unspecified atom stereocenters. The molecule has 0 aliphatic rings. The van der Waals surface area contributed by atoms with E-state index in [0.717, 1.165) is 9.87 Å². The van der Waals surface area contributed by atoms with E-state index < -0.39 is 27.4 Å². The summed E-state index contributed by atoms with van der Waals surface area (Å²) in [5.41, 5.74) is 1.32. The molecule has 0 radical (unpaired) electrons. The predicted octanol–water partition coefficient (Wildman–Crippen LogP) is 4.43. The first-order chi connectivity index (χ1) is 15.7. The van der Waals surface area contributed by atoms with E-state index in [1.807, 2.05) is 30.3 Å². The van der Waals surface area contributed by atoms with Gasteiger partial charge in [-0.25, -0.2) is 8.42 Å². The van der Waals surface area contributed by atoms with Gasteiger partial charge in [-0.1, -0.05) is 48.0 Å². The van der Waals surface area contributed by atoms with Gasteiger partial charge in [0.15, 0.2) is 0 Å². The van der Waals surface area contributed by atoms with Crippen molar-refractivity contribution in [3.63, 3.8) is 0 Å². The van der Waals surface area contributed by atoms with Crippen LogP contribution in [0.3, 0.4) is 0 Å². The van der Waals surface area contributed by atoms with Crippen molar-refractivity contribution in [2.75, 3.05) is 18.4 Å². The molecule has 10 heteroatoms. The first kappa shape index (κ1) is 24.4. The fraction of sp³-hybridized carbons (Fsp3) is 0.174. The predicted molar refractivity (Wildman–Crippen MR) is 127 cm³/mol. The Morgan fingerprint density at radius 1 is 1.03 bits per heavy atom. The van der Waals surface area contributed by atoms with Crippen LogP contribution in [0, 0.1) is 17.0 Å². The maximum Gasteiger partial charge on any atom is 0.274 e. The number of amides is 1. The first-order valence-electron chi connectivity index (χ1n) is 10.0. The maximum absolute atomic E-state index is 13.3. The molecule has 3 aromatic rings. The minimum atomic E-state index is -4.00. The second-order valence-electron chi connectivity index (χ2n) is 7.28. The Morgan fingerprint density at radius 2 is 1.70 bits per heavy atom. The molecule has 0 saturated heterocycles. The van der Waals surface area contributed by atoms with E-state index in [4.69, 9.17) is 11.6 Å². The number of carbonyl (C=O) groups excluding carboxylic acids is 1. The van der Waals surface area contributed by atoms with Crippen LogP contribution in [0.1, 0.15) is 11.1 Å². The molecule has 3 aromatic carbocycles. The van der Waals surface area contributed by atoms with Crippen LogP contribution in [0.4, 0.5) is 11.4 Å². The Bertz CT molecular complexity index is 1250. The second-order valence-corrected chi connectivity index (χ2v) is 9.66. The summed E-state index contributed by atoms with van der Waals surface area (Å²) < 4.78 is 27.6. The second kappa shape index (κ2) is 10.6. The average Bonchev–Trinajstić information content (AvgIpc) is 2.78. The lowest BCUT2D eigenvalue weighted by atomic mass is 10.1. The van der Waals surface area contributed by atoms with Crippen molar-refractivity contribution in [1.82, 2.24) is 4.31 Å². The van der Waals surface area contributed by atoms with Gasteiger partial charge < -0.3 is 5.32 Å². The number of halogens is 1. The van der Waals surface area contributed by atoms with Crippen molar-refractivity contribution in [2.45, 2.75) is 18.2 Å². The Labute approximate surface area is 197 Å². The standard InChI is InChI=1S/C23H22ClN3O5S/c1-17-21(8-5-9-22(17)27(29)30)25-23(28)16-26(15-14-18-6-3-2-4-7-18)33(31,32)20-12-10-19(24)11-13-20/h2-13H,14-16H2,1H3,(H,25,28). The van der Waals surface area contributed by atoms with Gasteiger partial charge in [0.25, 0.3) is 5.69 Å². The highest BCUT2D eigenvalue weighted by Gasteiger charge is 2.27. The number of carbonyl (C=O) groups is 1. The molecule has 0 spiro atoms. The lowest BCUT2D eigenvalue weighted by molar-refractivity contribution is -0.385. The van der Waals surface area contributed by atoms with Crippen molar-refractivity contribution in [1.29, 1.82) is 0 Å².